The molecule has 2 heterocycles. The summed E-state index contributed by atoms with van der Waals surface area (Å²) >= 11 is 1.50. The van der Waals surface area contributed by atoms with E-state index in [0.29, 0.717) is 10.8 Å². The lowest BCUT2D eigenvalue weighted by atomic mass is 10.1. The second-order valence-electron chi connectivity index (χ2n) is 7.06. The Balaban J connectivity index is 1.56. The molecule has 27 heavy (non-hydrogen) atoms. The van der Waals surface area contributed by atoms with E-state index in [4.69, 9.17) is 0 Å². The number of hydrogen-bond acceptors (Lipinski definition) is 6. The number of hydrogen-bond donors (Lipinski definition) is 1. The summed E-state index contributed by atoms with van der Waals surface area (Å²) in [7, 11) is 0. The van der Waals surface area contributed by atoms with E-state index in [1.165, 1.54) is 22.3 Å². The molecule has 1 aliphatic heterocycles. The Labute approximate surface area is 161 Å². The molecule has 8 heteroatoms. The number of anilines is 2. The lowest BCUT2D eigenvalue weighted by Crippen LogP contribution is -2.25. The molecular formula is C19H22N4O3S. The normalized spacial score (nSPS) is 16.7. The number of nitro benzene ring substituents is 1. The summed E-state index contributed by atoms with van der Waals surface area (Å²) in [6.45, 7) is 1.63. The summed E-state index contributed by atoms with van der Waals surface area (Å²) < 4.78 is 0. The second kappa shape index (κ2) is 7.64. The zero-order chi connectivity index (χ0) is 18.8. The van der Waals surface area contributed by atoms with Gasteiger partial charge in [0.1, 0.15) is 5.69 Å². The number of carbonyl (C=O) groups is 1. The summed E-state index contributed by atoms with van der Waals surface area (Å²) in [5.41, 5.74) is 1.95. The van der Waals surface area contributed by atoms with Crippen molar-refractivity contribution in [2.24, 2.45) is 0 Å². The van der Waals surface area contributed by atoms with E-state index in [9.17, 15) is 14.9 Å². The standard InChI is InChI=1S/C19H22N4O3S/c24-18(21-19-20-14-6-5-7-17(14)27-19)13-8-9-15(16(12-13)23(25)26)22-10-3-1-2-4-11-22/h8-9,12H,1-7,10-11H2,(H,20,21,24). The van der Waals surface area contributed by atoms with Crippen LogP contribution in [0.2, 0.25) is 0 Å². The number of carbonyl (C=O) groups excluding carboxylic acids is 1. The highest BCUT2D eigenvalue weighted by Crippen LogP contribution is 2.33. The minimum Gasteiger partial charge on any atom is -0.366 e. The number of fused-ring (bicyclic) bond motifs is 1. The number of aryl methyl sites for hydroxylation is 2. The molecule has 0 unspecified atom stereocenters. The fourth-order valence-corrected chi connectivity index (χ4v) is 4.85. The van der Waals surface area contributed by atoms with Crippen LogP contribution in [0.4, 0.5) is 16.5 Å². The summed E-state index contributed by atoms with van der Waals surface area (Å²) in [5, 5.41) is 15.0. The molecule has 0 radical (unpaired) electrons. The van der Waals surface area contributed by atoms with Crippen LogP contribution in [0.5, 0.6) is 0 Å². The van der Waals surface area contributed by atoms with Crippen molar-refractivity contribution in [3.63, 3.8) is 0 Å². The van der Waals surface area contributed by atoms with Gasteiger partial charge in [0.05, 0.1) is 10.6 Å². The van der Waals surface area contributed by atoms with Crippen molar-refractivity contribution >= 4 is 33.8 Å². The Morgan fingerprint density at radius 3 is 2.63 bits per heavy atom. The van der Waals surface area contributed by atoms with Crippen molar-refractivity contribution in [3.8, 4) is 0 Å². The van der Waals surface area contributed by atoms with Crippen molar-refractivity contribution in [2.45, 2.75) is 44.9 Å². The molecule has 0 saturated carbocycles. The van der Waals surface area contributed by atoms with Crippen LogP contribution in [-0.2, 0) is 12.8 Å². The number of amides is 1. The molecule has 0 spiro atoms. The average molecular weight is 386 g/mol. The number of thiazole rings is 1. The van der Waals surface area contributed by atoms with Crippen LogP contribution in [0, 0.1) is 10.1 Å². The topological polar surface area (TPSA) is 88.4 Å². The maximum atomic E-state index is 12.6. The molecular weight excluding hydrogens is 364 g/mol. The molecule has 1 amide bonds. The van der Waals surface area contributed by atoms with E-state index in [1.807, 2.05) is 0 Å². The number of nitrogens with one attached hydrogen (secondary N) is 1. The maximum absolute atomic E-state index is 12.6. The molecule has 2 aliphatic rings. The van der Waals surface area contributed by atoms with Crippen LogP contribution in [-0.4, -0.2) is 28.9 Å². The third kappa shape index (κ3) is 3.80. The molecule has 1 saturated heterocycles. The Morgan fingerprint density at radius 2 is 1.93 bits per heavy atom. The van der Waals surface area contributed by atoms with Gasteiger partial charge in [-0.3, -0.25) is 20.2 Å². The van der Waals surface area contributed by atoms with Crippen molar-refractivity contribution in [1.82, 2.24) is 4.98 Å². The van der Waals surface area contributed by atoms with E-state index in [2.05, 4.69) is 15.2 Å². The predicted molar refractivity (Wildman–Crippen MR) is 106 cm³/mol. The van der Waals surface area contributed by atoms with E-state index in [-0.39, 0.29) is 17.2 Å². The summed E-state index contributed by atoms with van der Waals surface area (Å²) in [6.07, 6.45) is 7.47. The van der Waals surface area contributed by atoms with Gasteiger partial charge in [0.25, 0.3) is 11.6 Å². The lowest BCUT2D eigenvalue weighted by molar-refractivity contribution is -0.384. The van der Waals surface area contributed by atoms with Gasteiger partial charge in [-0.2, -0.15) is 0 Å². The van der Waals surface area contributed by atoms with Gasteiger partial charge in [0, 0.05) is 29.6 Å². The van der Waals surface area contributed by atoms with E-state index in [0.717, 1.165) is 63.7 Å². The third-order valence-corrected chi connectivity index (χ3v) is 6.27. The van der Waals surface area contributed by atoms with Gasteiger partial charge < -0.3 is 4.90 Å². The Bertz CT molecular complexity index is 850. The average Bonchev–Trinajstić information content (AvgIpc) is 3.12. The van der Waals surface area contributed by atoms with E-state index in [1.54, 1.807) is 12.1 Å². The largest absolute Gasteiger partial charge is 0.366 e. The molecule has 2 aromatic rings. The summed E-state index contributed by atoms with van der Waals surface area (Å²) in [5.74, 6) is -0.354. The molecule has 0 atom stereocenters. The SMILES string of the molecule is O=C(Nc1nc2c(s1)CCC2)c1ccc(N2CCCCCC2)c([N+](=O)[O-])c1. The van der Waals surface area contributed by atoms with Crippen molar-refractivity contribution in [2.75, 3.05) is 23.3 Å². The number of nitrogens with zero attached hydrogens (tertiary/aromatic N) is 3. The van der Waals surface area contributed by atoms with Gasteiger partial charge in [-0.1, -0.05) is 12.8 Å². The molecule has 1 aliphatic carbocycles. The molecule has 1 aromatic carbocycles. The lowest BCUT2D eigenvalue weighted by Gasteiger charge is -2.22. The summed E-state index contributed by atoms with van der Waals surface area (Å²) in [6, 6.07) is 4.76. The third-order valence-electron chi connectivity index (χ3n) is 5.20. The minimum absolute atomic E-state index is 0.00816. The molecule has 4 rings (SSSR count). The Morgan fingerprint density at radius 1 is 1.15 bits per heavy atom. The molecule has 1 N–H and O–H groups in total. The van der Waals surface area contributed by atoms with E-state index >= 15 is 0 Å². The first-order valence-electron chi connectivity index (χ1n) is 9.45. The molecule has 1 fully saturated rings. The predicted octanol–water partition coefficient (Wildman–Crippen LogP) is 4.17. The van der Waals surface area contributed by atoms with Gasteiger partial charge in [-0.05, 0) is 44.2 Å². The summed E-state index contributed by atoms with van der Waals surface area (Å²) in [4.78, 5) is 31.6. The van der Waals surface area contributed by atoms with Crippen LogP contribution < -0.4 is 10.2 Å². The van der Waals surface area contributed by atoms with Gasteiger partial charge >= 0.3 is 0 Å². The van der Waals surface area contributed by atoms with Gasteiger partial charge in [0.2, 0.25) is 0 Å². The molecule has 7 nitrogen and oxygen atoms in total. The Hall–Kier alpha value is -2.48. The zero-order valence-electron chi connectivity index (χ0n) is 15.1. The first-order valence-corrected chi connectivity index (χ1v) is 10.3. The van der Waals surface area contributed by atoms with Gasteiger partial charge in [-0.25, -0.2) is 4.98 Å². The monoisotopic (exact) mass is 386 g/mol. The van der Waals surface area contributed by atoms with Gasteiger partial charge in [0.15, 0.2) is 5.13 Å². The number of rotatable bonds is 4. The molecule has 142 valence electrons. The molecule has 0 bridgehead atoms. The first kappa shape index (κ1) is 17.9. The maximum Gasteiger partial charge on any atom is 0.293 e. The van der Waals surface area contributed by atoms with Crippen molar-refractivity contribution in [1.29, 1.82) is 0 Å². The highest BCUT2D eigenvalue weighted by atomic mass is 32.1. The van der Waals surface area contributed by atoms with Crippen LogP contribution in [0.25, 0.3) is 0 Å². The number of aromatic nitrogens is 1. The van der Waals surface area contributed by atoms with Crippen LogP contribution in [0.15, 0.2) is 18.2 Å². The highest BCUT2D eigenvalue weighted by Gasteiger charge is 2.23. The van der Waals surface area contributed by atoms with Crippen LogP contribution in [0.1, 0.15) is 53.0 Å². The number of nitro groups is 1. The molecule has 1 aromatic heterocycles. The quantitative estimate of drug-likeness (QED) is 0.629. The van der Waals surface area contributed by atoms with Crippen molar-refractivity contribution in [3.05, 3.63) is 44.4 Å². The smallest absolute Gasteiger partial charge is 0.293 e. The minimum atomic E-state index is -0.394. The highest BCUT2D eigenvalue weighted by molar-refractivity contribution is 7.16. The van der Waals surface area contributed by atoms with E-state index < -0.39 is 4.92 Å². The van der Waals surface area contributed by atoms with Gasteiger partial charge in [-0.15, -0.1) is 11.3 Å². The van der Waals surface area contributed by atoms with Crippen molar-refractivity contribution < 1.29 is 9.72 Å². The van der Waals surface area contributed by atoms with Crippen LogP contribution >= 0.6 is 11.3 Å². The fourth-order valence-electron chi connectivity index (χ4n) is 3.80. The second-order valence-corrected chi connectivity index (χ2v) is 8.14. The number of benzene rings is 1. The Kier molecular flexibility index (Phi) is 5.07. The fraction of sp³-hybridized carbons (Fsp3) is 0.474. The zero-order valence-corrected chi connectivity index (χ0v) is 15.9. The van der Waals surface area contributed by atoms with Crippen LogP contribution in [0.3, 0.4) is 0 Å². The first-order chi connectivity index (χ1) is 13.1.